The maximum atomic E-state index is 12.5. The average molecular weight is 312 g/mol. The first-order chi connectivity index (χ1) is 10.0. The maximum absolute atomic E-state index is 12.5. The second-order valence-corrected chi connectivity index (χ2v) is 7.21. The van der Waals surface area contributed by atoms with Gasteiger partial charge in [0.15, 0.2) is 0 Å². The highest BCUT2D eigenvalue weighted by atomic mass is 32.2. The summed E-state index contributed by atoms with van der Waals surface area (Å²) < 4.78 is 33.0. The van der Waals surface area contributed by atoms with E-state index in [2.05, 4.69) is 10.0 Å². The van der Waals surface area contributed by atoms with Crippen molar-refractivity contribution in [3.8, 4) is 0 Å². The van der Waals surface area contributed by atoms with E-state index < -0.39 is 10.0 Å². The molecule has 1 heterocycles. The van der Waals surface area contributed by atoms with E-state index in [4.69, 9.17) is 4.74 Å². The van der Waals surface area contributed by atoms with Crippen LogP contribution in [-0.2, 0) is 21.3 Å². The van der Waals surface area contributed by atoms with Gasteiger partial charge in [-0.2, -0.15) is 0 Å². The molecule has 1 saturated heterocycles. The molecule has 1 aliphatic rings. The van der Waals surface area contributed by atoms with Crippen molar-refractivity contribution >= 4 is 10.0 Å². The molecular weight excluding hydrogens is 288 g/mol. The van der Waals surface area contributed by atoms with Gasteiger partial charge in [-0.15, -0.1) is 0 Å². The van der Waals surface area contributed by atoms with E-state index in [1.165, 1.54) is 0 Å². The molecule has 2 rings (SSSR count). The van der Waals surface area contributed by atoms with Crippen LogP contribution in [0.25, 0.3) is 0 Å². The molecule has 118 valence electrons. The lowest BCUT2D eigenvalue weighted by molar-refractivity contribution is 0.0678. The number of benzene rings is 1. The quantitative estimate of drug-likeness (QED) is 0.834. The number of nitrogens with one attached hydrogen (secondary N) is 2. The highest BCUT2D eigenvalue weighted by Gasteiger charge is 2.21. The highest BCUT2D eigenvalue weighted by molar-refractivity contribution is 7.89. The van der Waals surface area contributed by atoms with Crippen molar-refractivity contribution in [2.75, 3.05) is 26.8 Å². The number of ether oxygens (including phenoxy) is 1. The van der Waals surface area contributed by atoms with Crippen LogP contribution in [0.5, 0.6) is 0 Å². The SMILES string of the molecule is CNCc1cccc(S(=O)(=O)NCC2CCOCC2)c1C. The molecule has 1 aromatic rings. The third kappa shape index (κ3) is 4.26. The van der Waals surface area contributed by atoms with Crippen LogP contribution in [0, 0.1) is 12.8 Å². The molecule has 21 heavy (non-hydrogen) atoms. The molecule has 6 heteroatoms. The summed E-state index contributed by atoms with van der Waals surface area (Å²) >= 11 is 0. The minimum absolute atomic E-state index is 0.370. The number of hydrogen-bond acceptors (Lipinski definition) is 4. The zero-order valence-corrected chi connectivity index (χ0v) is 13.5. The minimum atomic E-state index is -3.45. The van der Waals surface area contributed by atoms with Gasteiger partial charge >= 0.3 is 0 Å². The fraction of sp³-hybridized carbons (Fsp3) is 0.600. The van der Waals surface area contributed by atoms with Crippen molar-refractivity contribution in [1.29, 1.82) is 0 Å². The summed E-state index contributed by atoms with van der Waals surface area (Å²) in [6.45, 7) is 4.46. The number of sulfonamides is 1. The van der Waals surface area contributed by atoms with Crippen LogP contribution in [0.4, 0.5) is 0 Å². The summed E-state index contributed by atoms with van der Waals surface area (Å²) in [5.74, 6) is 0.370. The predicted molar refractivity (Wildman–Crippen MR) is 82.7 cm³/mol. The van der Waals surface area contributed by atoms with Crippen LogP contribution >= 0.6 is 0 Å². The normalized spacial score (nSPS) is 17.0. The highest BCUT2D eigenvalue weighted by Crippen LogP contribution is 2.20. The van der Waals surface area contributed by atoms with E-state index in [9.17, 15) is 8.42 Å². The average Bonchev–Trinajstić information content (AvgIpc) is 2.48. The van der Waals surface area contributed by atoms with E-state index in [-0.39, 0.29) is 0 Å². The van der Waals surface area contributed by atoms with Crippen LogP contribution in [-0.4, -0.2) is 35.2 Å². The Morgan fingerprint density at radius 2 is 2.00 bits per heavy atom. The monoisotopic (exact) mass is 312 g/mol. The Labute approximate surface area is 127 Å². The van der Waals surface area contributed by atoms with Crippen LogP contribution < -0.4 is 10.0 Å². The summed E-state index contributed by atoms with van der Waals surface area (Å²) in [5, 5.41) is 3.06. The van der Waals surface area contributed by atoms with Gasteiger partial charge in [-0.3, -0.25) is 0 Å². The first-order valence-electron chi connectivity index (χ1n) is 7.35. The smallest absolute Gasteiger partial charge is 0.240 e. The van der Waals surface area contributed by atoms with Gasteiger partial charge < -0.3 is 10.1 Å². The Kier molecular flexibility index (Phi) is 5.75. The summed E-state index contributed by atoms with van der Waals surface area (Å²) in [6, 6.07) is 5.41. The molecule has 2 N–H and O–H groups in total. The molecule has 0 radical (unpaired) electrons. The molecule has 0 bridgehead atoms. The fourth-order valence-electron chi connectivity index (χ4n) is 2.59. The molecule has 0 aliphatic carbocycles. The Hall–Kier alpha value is -0.950. The van der Waals surface area contributed by atoms with Gasteiger partial charge in [0, 0.05) is 26.3 Å². The van der Waals surface area contributed by atoms with E-state index in [0.29, 0.717) is 23.9 Å². The van der Waals surface area contributed by atoms with Crippen LogP contribution in [0.3, 0.4) is 0 Å². The summed E-state index contributed by atoms with van der Waals surface area (Å²) in [5.41, 5.74) is 1.82. The lowest BCUT2D eigenvalue weighted by Gasteiger charge is -2.22. The van der Waals surface area contributed by atoms with Crippen molar-refractivity contribution in [3.05, 3.63) is 29.3 Å². The first-order valence-corrected chi connectivity index (χ1v) is 8.83. The molecule has 0 spiro atoms. The minimum Gasteiger partial charge on any atom is -0.381 e. The summed E-state index contributed by atoms with van der Waals surface area (Å²) in [7, 11) is -1.60. The molecule has 0 saturated carbocycles. The van der Waals surface area contributed by atoms with Gasteiger partial charge in [0.2, 0.25) is 10.0 Å². The molecule has 0 aromatic heterocycles. The van der Waals surface area contributed by atoms with E-state index in [1.807, 2.05) is 20.0 Å². The third-order valence-electron chi connectivity index (χ3n) is 3.96. The van der Waals surface area contributed by atoms with Gasteiger partial charge in [-0.1, -0.05) is 12.1 Å². The van der Waals surface area contributed by atoms with E-state index in [1.54, 1.807) is 12.1 Å². The molecule has 1 aliphatic heterocycles. The molecule has 0 unspecified atom stereocenters. The van der Waals surface area contributed by atoms with Gasteiger partial charge in [0.25, 0.3) is 0 Å². The fourth-order valence-corrected chi connectivity index (χ4v) is 3.99. The van der Waals surface area contributed by atoms with Crippen molar-refractivity contribution < 1.29 is 13.2 Å². The first kappa shape index (κ1) is 16.4. The van der Waals surface area contributed by atoms with E-state index in [0.717, 1.165) is 37.2 Å². The third-order valence-corrected chi connectivity index (χ3v) is 5.52. The van der Waals surface area contributed by atoms with Gasteiger partial charge in [0.1, 0.15) is 0 Å². The molecule has 0 atom stereocenters. The Morgan fingerprint density at radius 3 is 2.67 bits per heavy atom. The number of hydrogen-bond donors (Lipinski definition) is 2. The standard InChI is InChI=1S/C15H24N2O3S/c1-12-14(11-16-2)4-3-5-15(12)21(18,19)17-10-13-6-8-20-9-7-13/h3-5,13,16-17H,6-11H2,1-2H3. The van der Waals surface area contributed by atoms with Crippen molar-refractivity contribution in [1.82, 2.24) is 10.0 Å². The molecule has 1 aromatic carbocycles. The van der Waals surface area contributed by atoms with E-state index >= 15 is 0 Å². The lowest BCUT2D eigenvalue weighted by atomic mass is 10.0. The maximum Gasteiger partial charge on any atom is 0.240 e. The molecule has 0 amide bonds. The van der Waals surface area contributed by atoms with Crippen LogP contribution in [0.2, 0.25) is 0 Å². The topological polar surface area (TPSA) is 67.4 Å². The predicted octanol–water partition coefficient (Wildman–Crippen LogP) is 1.42. The van der Waals surface area contributed by atoms with Crippen molar-refractivity contribution in [3.63, 3.8) is 0 Å². The zero-order chi connectivity index (χ0) is 15.3. The molecule has 5 nitrogen and oxygen atoms in total. The molecule has 1 fully saturated rings. The largest absolute Gasteiger partial charge is 0.381 e. The van der Waals surface area contributed by atoms with Crippen molar-refractivity contribution in [2.45, 2.75) is 31.2 Å². The Balaban J connectivity index is 2.09. The van der Waals surface area contributed by atoms with Crippen molar-refractivity contribution in [2.24, 2.45) is 5.92 Å². The zero-order valence-electron chi connectivity index (χ0n) is 12.7. The van der Waals surface area contributed by atoms with Gasteiger partial charge in [-0.25, -0.2) is 13.1 Å². The van der Waals surface area contributed by atoms with Gasteiger partial charge in [-0.05, 0) is 49.9 Å². The summed E-state index contributed by atoms with van der Waals surface area (Å²) in [4.78, 5) is 0.377. The number of rotatable bonds is 6. The lowest BCUT2D eigenvalue weighted by Crippen LogP contribution is -2.32. The Morgan fingerprint density at radius 1 is 1.29 bits per heavy atom. The molecular formula is C15H24N2O3S. The van der Waals surface area contributed by atoms with Crippen LogP contribution in [0.1, 0.15) is 24.0 Å². The second kappa shape index (κ2) is 7.35. The Bertz CT molecular complexity index is 566. The summed E-state index contributed by atoms with van der Waals surface area (Å²) in [6.07, 6.45) is 1.84. The van der Waals surface area contributed by atoms with Gasteiger partial charge in [0.05, 0.1) is 4.90 Å². The second-order valence-electron chi connectivity index (χ2n) is 5.48. The van der Waals surface area contributed by atoms with Crippen LogP contribution in [0.15, 0.2) is 23.1 Å².